The highest BCUT2D eigenvalue weighted by Crippen LogP contribution is 2.15. The lowest BCUT2D eigenvalue weighted by Crippen LogP contribution is -2.20. The number of carbonyl (C=O) groups is 1. The van der Waals surface area contributed by atoms with E-state index in [0.717, 1.165) is 30.9 Å². The Balaban J connectivity index is 2.92. The average molecular weight is 236 g/mol. The monoisotopic (exact) mass is 236 g/mol. The quantitative estimate of drug-likeness (QED) is 0.736. The van der Waals surface area contributed by atoms with Crippen molar-refractivity contribution in [2.75, 3.05) is 25.6 Å². The van der Waals surface area contributed by atoms with E-state index in [-0.39, 0.29) is 5.97 Å². The minimum atomic E-state index is -0.319. The average Bonchev–Trinajstić information content (AvgIpc) is 2.34. The number of carbonyl (C=O) groups excluding carboxylic acids is 1. The maximum absolute atomic E-state index is 11.5. The van der Waals surface area contributed by atoms with Crippen LogP contribution in [0.15, 0.2) is 12.1 Å². The summed E-state index contributed by atoms with van der Waals surface area (Å²) in [4.78, 5) is 18.0. The molecule has 4 nitrogen and oxygen atoms in total. The lowest BCUT2D eigenvalue weighted by molar-refractivity contribution is 0.0600. The van der Waals surface area contributed by atoms with Crippen LogP contribution in [0.2, 0.25) is 0 Å². The van der Waals surface area contributed by atoms with Gasteiger partial charge in [0.05, 0.1) is 12.7 Å². The number of hydrogen-bond acceptors (Lipinski definition) is 4. The van der Waals surface area contributed by atoms with Crippen molar-refractivity contribution in [3.8, 4) is 0 Å². The predicted molar refractivity (Wildman–Crippen MR) is 68.5 cm³/mol. The van der Waals surface area contributed by atoms with E-state index in [9.17, 15) is 4.79 Å². The highest BCUT2D eigenvalue weighted by atomic mass is 16.5. The van der Waals surface area contributed by atoms with Gasteiger partial charge in [-0.1, -0.05) is 13.3 Å². The molecule has 0 spiro atoms. The second-order valence-corrected chi connectivity index (χ2v) is 4.12. The number of anilines is 1. The Kier molecular flexibility index (Phi) is 4.94. The van der Waals surface area contributed by atoms with Crippen LogP contribution in [0.1, 0.15) is 35.8 Å². The molecular formula is C13H20N2O2. The van der Waals surface area contributed by atoms with Crippen molar-refractivity contribution in [2.24, 2.45) is 0 Å². The number of aromatic nitrogens is 1. The number of aryl methyl sites for hydroxylation is 1. The summed E-state index contributed by atoms with van der Waals surface area (Å²) < 4.78 is 4.72. The summed E-state index contributed by atoms with van der Waals surface area (Å²) in [6.07, 6.45) is 2.25. The van der Waals surface area contributed by atoms with Gasteiger partial charge in [0, 0.05) is 19.3 Å². The predicted octanol–water partition coefficient (Wildman–Crippen LogP) is 2.41. The van der Waals surface area contributed by atoms with E-state index < -0.39 is 0 Å². The van der Waals surface area contributed by atoms with Gasteiger partial charge in [-0.05, 0) is 25.5 Å². The molecule has 0 aliphatic rings. The van der Waals surface area contributed by atoms with E-state index in [4.69, 9.17) is 4.74 Å². The molecule has 1 rings (SSSR count). The molecule has 17 heavy (non-hydrogen) atoms. The van der Waals surface area contributed by atoms with Gasteiger partial charge in [0.1, 0.15) is 5.82 Å². The summed E-state index contributed by atoms with van der Waals surface area (Å²) >= 11 is 0. The summed E-state index contributed by atoms with van der Waals surface area (Å²) in [5, 5.41) is 0. The minimum Gasteiger partial charge on any atom is -0.465 e. The Labute approximate surface area is 103 Å². The molecule has 0 saturated carbocycles. The molecular weight excluding hydrogens is 216 g/mol. The van der Waals surface area contributed by atoms with Crippen molar-refractivity contribution in [1.82, 2.24) is 4.98 Å². The second-order valence-electron chi connectivity index (χ2n) is 4.12. The number of unbranched alkanes of at least 4 members (excludes halogenated alkanes) is 1. The molecule has 0 N–H and O–H groups in total. The Morgan fingerprint density at radius 3 is 2.76 bits per heavy atom. The summed E-state index contributed by atoms with van der Waals surface area (Å²) in [6, 6.07) is 3.51. The van der Waals surface area contributed by atoms with Crippen molar-refractivity contribution in [2.45, 2.75) is 26.7 Å². The van der Waals surface area contributed by atoms with Crippen molar-refractivity contribution in [3.63, 3.8) is 0 Å². The zero-order chi connectivity index (χ0) is 12.8. The SMILES string of the molecule is CCCCN(C)c1cc(C(=O)OC)cc(C)n1. The Morgan fingerprint density at radius 2 is 2.18 bits per heavy atom. The van der Waals surface area contributed by atoms with E-state index in [2.05, 4.69) is 16.8 Å². The van der Waals surface area contributed by atoms with E-state index in [1.54, 1.807) is 12.1 Å². The second kappa shape index (κ2) is 6.23. The molecule has 0 bridgehead atoms. The van der Waals surface area contributed by atoms with Crippen LogP contribution in [0.3, 0.4) is 0 Å². The van der Waals surface area contributed by atoms with Crippen LogP contribution in [0.5, 0.6) is 0 Å². The third-order valence-electron chi connectivity index (χ3n) is 2.60. The number of hydrogen-bond donors (Lipinski definition) is 0. The van der Waals surface area contributed by atoms with Crippen LogP contribution in [0, 0.1) is 6.92 Å². The van der Waals surface area contributed by atoms with Crippen molar-refractivity contribution >= 4 is 11.8 Å². The number of esters is 1. The first-order chi connectivity index (χ1) is 8.08. The normalized spacial score (nSPS) is 10.1. The molecule has 0 fully saturated rings. The van der Waals surface area contributed by atoms with Crippen molar-refractivity contribution in [3.05, 3.63) is 23.4 Å². The first-order valence-electron chi connectivity index (χ1n) is 5.86. The molecule has 0 aliphatic carbocycles. The molecule has 0 radical (unpaired) electrons. The van der Waals surface area contributed by atoms with Gasteiger partial charge in [0.15, 0.2) is 0 Å². The summed E-state index contributed by atoms with van der Waals surface area (Å²) in [5.74, 6) is 0.500. The highest BCUT2D eigenvalue weighted by Gasteiger charge is 2.10. The Hall–Kier alpha value is -1.58. The van der Waals surface area contributed by atoms with E-state index in [1.807, 2.05) is 14.0 Å². The summed E-state index contributed by atoms with van der Waals surface area (Å²) in [5.41, 5.74) is 1.38. The molecule has 0 aliphatic heterocycles. The van der Waals surface area contributed by atoms with Gasteiger partial charge in [-0.15, -0.1) is 0 Å². The van der Waals surface area contributed by atoms with Crippen LogP contribution in [-0.4, -0.2) is 31.7 Å². The van der Waals surface area contributed by atoms with Gasteiger partial charge in [-0.25, -0.2) is 9.78 Å². The topological polar surface area (TPSA) is 42.4 Å². The Morgan fingerprint density at radius 1 is 1.47 bits per heavy atom. The van der Waals surface area contributed by atoms with Gasteiger partial charge in [0.2, 0.25) is 0 Å². The first kappa shape index (κ1) is 13.5. The largest absolute Gasteiger partial charge is 0.465 e. The molecule has 1 aromatic rings. The van der Waals surface area contributed by atoms with Crippen LogP contribution in [0.25, 0.3) is 0 Å². The molecule has 1 heterocycles. The molecule has 0 atom stereocenters. The third-order valence-corrected chi connectivity index (χ3v) is 2.60. The third kappa shape index (κ3) is 3.73. The number of rotatable bonds is 5. The van der Waals surface area contributed by atoms with Crippen LogP contribution >= 0.6 is 0 Å². The van der Waals surface area contributed by atoms with Gasteiger partial charge < -0.3 is 9.64 Å². The molecule has 0 unspecified atom stereocenters. The van der Waals surface area contributed by atoms with Crippen molar-refractivity contribution in [1.29, 1.82) is 0 Å². The first-order valence-corrected chi connectivity index (χ1v) is 5.86. The van der Waals surface area contributed by atoms with Gasteiger partial charge in [-0.2, -0.15) is 0 Å². The molecule has 94 valence electrons. The van der Waals surface area contributed by atoms with E-state index in [1.165, 1.54) is 7.11 Å². The summed E-state index contributed by atoms with van der Waals surface area (Å²) in [7, 11) is 3.37. The molecule has 0 amide bonds. The maximum atomic E-state index is 11.5. The number of ether oxygens (including phenoxy) is 1. The van der Waals surface area contributed by atoms with Crippen LogP contribution in [-0.2, 0) is 4.74 Å². The molecule has 4 heteroatoms. The standard InChI is InChI=1S/C13H20N2O2/c1-5-6-7-15(3)12-9-11(13(16)17-4)8-10(2)14-12/h8-9H,5-7H2,1-4H3. The fourth-order valence-electron chi connectivity index (χ4n) is 1.59. The summed E-state index contributed by atoms with van der Waals surface area (Å²) in [6.45, 7) is 4.97. The van der Waals surface area contributed by atoms with Gasteiger partial charge in [-0.3, -0.25) is 0 Å². The zero-order valence-electron chi connectivity index (χ0n) is 11.0. The molecule has 0 aromatic carbocycles. The number of pyridine rings is 1. The van der Waals surface area contributed by atoms with Crippen LogP contribution in [0.4, 0.5) is 5.82 Å². The van der Waals surface area contributed by atoms with Crippen LogP contribution < -0.4 is 4.90 Å². The fourth-order valence-corrected chi connectivity index (χ4v) is 1.59. The lowest BCUT2D eigenvalue weighted by atomic mass is 10.2. The maximum Gasteiger partial charge on any atom is 0.338 e. The zero-order valence-corrected chi connectivity index (χ0v) is 11.0. The lowest BCUT2D eigenvalue weighted by Gasteiger charge is -2.18. The van der Waals surface area contributed by atoms with Gasteiger partial charge >= 0.3 is 5.97 Å². The van der Waals surface area contributed by atoms with Crippen molar-refractivity contribution < 1.29 is 9.53 Å². The van der Waals surface area contributed by atoms with E-state index >= 15 is 0 Å². The highest BCUT2D eigenvalue weighted by molar-refractivity contribution is 5.90. The molecule has 0 saturated heterocycles. The fraction of sp³-hybridized carbons (Fsp3) is 0.538. The number of nitrogens with zero attached hydrogens (tertiary/aromatic N) is 2. The van der Waals surface area contributed by atoms with Gasteiger partial charge in [0.25, 0.3) is 0 Å². The van der Waals surface area contributed by atoms with E-state index in [0.29, 0.717) is 5.56 Å². The minimum absolute atomic E-state index is 0.319. The number of methoxy groups -OCH3 is 1. The molecule has 1 aromatic heterocycles. The Bertz CT molecular complexity index is 391. The smallest absolute Gasteiger partial charge is 0.338 e.